The Balaban J connectivity index is 2.09. The molecular formula is C15H15BrN2O2. The van der Waals surface area contributed by atoms with E-state index in [1.54, 1.807) is 30.3 Å². The fraction of sp³-hybridized carbons (Fsp3) is 0.133. The van der Waals surface area contributed by atoms with Crippen molar-refractivity contribution < 1.29 is 9.90 Å². The van der Waals surface area contributed by atoms with Crippen LogP contribution in [0.3, 0.4) is 0 Å². The smallest absolute Gasteiger partial charge is 0.257 e. The van der Waals surface area contributed by atoms with Gasteiger partial charge in [-0.3, -0.25) is 4.79 Å². The highest BCUT2D eigenvalue weighted by molar-refractivity contribution is 9.10. The van der Waals surface area contributed by atoms with Gasteiger partial charge in [0, 0.05) is 22.3 Å². The van der Waals surface area contributed by atoms with Crippen molar-refractivity contribution in [2.24, 2.45) is 5.73 Å². The molecule has 2 aromatic rings. The third-order valence-electron chi connectivity index (χ3n) is 2.91. The molecule has 5 heteroatoms. The van der Waals surface area contributed by atoms with Crippen molar-refractivity contribution in [1.82, 2.24) is 0 Å². The lowest BCUT2D eigenvalue weighted by molar-refractivity contribution is -0.124. The van der Waals surface area contributed by atoms with E-state index in [4.69, 9.17) is 5.73 Å². The molecular weight excluding hydrogens is 320 g/mol. The molecule has 2 aromatic carbocycles. The van der Waals surface area contributed by atoms with Crippen LogP contribution in [0, 0.1) is 0 Å². The van der Waals surface area contributed by atoms with Gasteiger partial charge in [-0.2, -0.15) is 0 Å². The quantitative estimate of drug-likeness (QED) is 0.804. The van der Waals surface area contributed by atoms with Gasteiger partial charge in [0.05, 0.1) is 0 Å². The van der Waals surface area contributed by atoms with E-state index >= 15 is 0 Å². The van der Waals surface area contributed by atoms with E-state index in [1.807, 2.05) is 18.2 Å². The van der Waals surface area contributed by atoms with Crippen LogP contribution in [0.2, 0.25) is 0 Å². The fourth-order valence-electron chi connectivity index (χ4n) is 1.77. The van der Waals surface area contributed by atoms with Gasteiger partial charge < -0.3 is 16.2 Å². The van der Waals surface area contributed by atoms with E-state index in [2.05, 4.69) is 21.2 Å². The van der Waals surface area contributed by atoms with Gasteiger partial charge in [0.25, 0.3) is 5.91 Å². The molecule has 0 aromatic heterocycles. The van der Waals surface area contributed by atoms with Crippen LogP contribution in [0.25, 0.3) is 0 Å². The van der Waals surface area contributed by atoms with Gasteiger partial charge in [0.1, 0.15) is 0 Å². The zero-order valence-corrected chi connectivity index (χ0v) is 12.3. The second-order valence-corrected chi connectivity index (χ2v) is 5.17. The number of carbonyl (C=O) groups excluding carboxylic acids is 1. The molecule has 1 atom stereocenters. The number of nitrogens with one attached hydrogen (secondary N) is 1. The molecule has 0 fully saturated rings. The average Bonchev–Trinajstić information content (AvgIpc) is 2.48. The zero-order chi connectivity index (χ0) is 14.5. The molecule has 4 N–H and O–H groups in total. The second kappa shape index (κ2) is 6.65. The molecule has 4 nitrogen and oxygen atoms in total. The van der Waals surface area contributed by atoms with E-state index < -0.39 is 12.0 Å². The maximum Gasteiger partial charge on any atom is 0.257 e. The summed E-state index contributed by atoms with van der Waals surface area (Å²) in [5.41, 5.74) is 7.64. The van der Waals surface area contributed by atoms with Crippen LogP contribution in [-0.2, 0) is 11.3 Å². The van der Waals surface area contributed by atoms with Gasteiger partial charge in [-0.05, 0) is 23.8 Å². The number of rotatable bonds is 4. The minimum absolute atomic E-state index is 0.452. The molecule has 0 saturated heterocycles. The summed E-state index contributed by atoms with van der Waals surface area (Å²) in [7, 11) is 0. The van der Waals surface area contributed by atoms with Crippen LogP contribution in [0.15, 0.2) is 53.0 Å². The maximum atomic E-state index is 12.0. The van der Waals surface area contributed by atoms with E-state index in [0.29, 0.717) is 22.3 Å². The molecule has 0 radical (unpaired) electrons. The van der Waals surface area contributed by atoms with Gasteiger partial charge in [0.15, 0.2) is 6.10 Å². The molecule has 104 valence electrons. The van der Waals surface area contributed by atoms with Crippen LogP contribution in [0.1, 0.15) is 17.2 Å². The van der Waals surface area contributed by atoms with Crippen molar-refractivity contribution in [3.8, 4) is 0 Å². The molecule has 0 aliphatic heterocycles. The Morgan fingerprint density at radius 3 is 2.45 bits per heavy atom. The number of hydrogen-bond acceptors (Lipinski definition) is 3. The van der Waals surface area contributed by atoms with Crippen molar-refractivity contribution in [3.63, 3.8) is 0 Å². The van der Waals surface area contributed by atoms with Crippen LogP contribution in [-0.4, -0.2) is 11.0 Å². The highest BCUT2D eigenvalue weighted by Gasteiger charge is 2.19. The Morgan fingerprint density at radius 1 is 1.20 bits per heavy atom. The minimum atomic E-state index is -1.22. The number of amides is 1. The van der Waals surface area contributed by atoms with Gasteiger partial charge in [-0.1, -0.05) is 46.3 Å². The number of benzene rings is 2. The largest absolute Gasteiger partial charge is 0.378 e. The first-order chi connectivity index (χ1) is 9.61. The summed E-state index contributed by atoms with van der Waals surface area (Å²) in [6.45, 7) is 0.452. The first-order valence-electron chi connectivity index (χ1n) is 6.14. The third kappa shape index (κ3) is 3.45. The lowest BCUT2D eigenvalue weighted by Gasteiger charge is -2.13. The summed E-state index contributed by atoms with van der Waals surface area (Å²) in [4.78, 5) is 12.0. The number of aliphatic hydroxyl groups is 1. The SMILES string of the molecule is NCc1ccc(NC(=O)C(O)c2ccccc2Br)cc1. The molecule has 1 amide bonds. The van der Waals surface area contributed by atoms with E-state index in [-0.39, 0.29) is 0 Å². The number of halogens is 1. The predicted molar refractivity (Wildman–Crippen MR) is 82.1 cm³/mol. The second-order valence-electron chi connectivity index (χ2n) is 4.31. The Kier molecular flexibility index (Phi) is 4.89. The van der Waals surface area contributed by atoms with Gasteiger partial charge >= 0.3 is 0 Å². The summed E-state index contributed by atoms with van der Waals surface area (Å²) < 4.78 is 0.695. The van der Waals surface area contributed by atoms with Crippen molar-refractivity contribution in [2.75, 3.05) is 5.32 Å². The van der Waals surface area contributed by atoms with Gasteiger partial charge in [-0.15, -0.1) is 0 Å². The molecule has 0 aliphatic carbocycles. The highest BCUT2D eigenvalue weighted by Crippen LogP contribution is 2.24. The van der Waals surface area contributed by atoms with Crippen molar-refractivity contribution in [2.45, 2.75) is 12.6 Å². The molecule has 0 bridgehead atoms. The van der Waals surface area contributed by atoms with E-state index in [9.17, 15) is 9.90 Å². The summed E-state index contributed by atoms with van der Waals surface area (Å²) in [6, 6.07) is 14.3. The van der Waals surface area contributed by atoms with Crippen LogP contribution >= 0.6 is 15.9 Å². The first-order valence-corrected chi connectivity index (χ1v) is 6.93. The zero-order valence-electron chi connectivity index (χ0n) is 10.7. The summed E-state index contributed by atoms with van der Waals surface area (Å²) in [6.07, 6.45) is -1.22. The summed E-state index contributed by atoms with van der Waals surface area (Å²) in [5.74, 6) is -0.475. The Hall–Kier alpha value is -1.69. The average molecular weight is 335 g/mol. The maximum absolute atomic E-state index is 12.0. The van der Waals surface area contributed by atoms with Gasteiger partial charge in [0.2, 0.25) is 0 Å². The molecule has 0 spiro atoms. The first kappa shape index (κ1) is 14.7. The Bertz CT molecular complexity index is 599. The third-order valence-corrected chi connectivity index (χ3v) is 3.63. The Labute approximate surface area is 125 Å². The number of aliphatic hydroxyl groups excluding tert-OH is 1. The van der Waals surface area contributed by atoms with Crippen molar-refractivity contribution in [1.29, 1.82) is 0 Å². The van der Waals surface area contributed by atoms with Crippen molar-refractivity contribution >= 4 is 27.5 Å². The predicted octanol–water partition coefficient (Wildman–Crippen LogP) is 2.58. The molecule has 0 aliphatic rings. The molecule has 1 unspecified atom stereocenters. The lowest BCUT2D eigenvalue weighted by Crippen LogP contribution is -2.21. The van der Waals surface area contributed by atoms with Crippen LogP contribution in [0.4, 0.5) is 5.69 Å². The number of anilines is 1. The standard InChI is InChI=1S/C15H15BrN2O2/c16-13-4-2-1-3-12(13)14(19)15(20)18-11-7-5-10(9-17)6-8-11/h1-8,14,19H,9,17H2,(H,18,20). The summed E-state index contributed by atoms with van der Waals surface area (Å²) in [5, 5.41) is 12.7. The molecule has 20 heavy (non-hydrogen) atoms. The molecule has 2 rings (SSSR count). The van der Waals surface area contributed by atoms with Crippen LogP contribution < -0.4 is 11.1 Å². The van der Waals surface area contributed by atoms with Crippen LogP contribution in [0.5, 0.6) is 0 Å². The molecule has 0 saturated carbocycles. The number of carbonyl (C=O) groups is 1. The number of hydrogen-bond donors (Lipinski definition) is 3. The minimum Gasteiger partial charge on any atom is -0.378 e. The van der Waals surface area contributed by atoms with E-state index in [1.165, 1.54) is 0 Å². The topological polar surface area (TPSA) is 75.3 Å². The Morgan fingerprint density at radius 2 is 1.85 bits per heavy atom. The lowest BCUT2D eigenvalue weighted by atomic mass is 10.1. The molecule has 0 heterocycles. The van der Waals surface area contributed by atoms with E-state index in [0.717, 1.165) is 5.56 Å². The van der Waals surface area contributed by atoms with Crippen molar-refractivity contribution in [3.05, 3.63) is 64.1 Å². The number of nitrogens with two attached hydrogens (primary N) is 1. The fourth-order valence-corrected chi connectivity index (χ4v) is 2.27. The van der Waals surface area contributed by atoms with Gasteiger partial charge in [-0.25, -0.2) is 0 Å². The summed E-state index contributed by atoms with van der Waals surface area (Å²) >= 11 is 3.32. The normalized spacial score (nSPS) is 11.9. The highest BCUT2D eigenvalue weighted by atomic mass is 79.9. The monoisotopic (exact) mass is 334 g/mol.